The molecule has 5 nitrogen and oxygen atoms in total. The number of nitrogens with zero attached hydrogens (tertiary/aromatic N) is 1. The van der Waals surface area contributed by atoms with E-state index in [9.17, 15) is 0 Å². The van der Waals surface area contributed by atoms with Crippen molar-refractivity contribution in [1.29, 1.82) is 0 Å². The van der Waals surface area contributed by atoms with Gasteiger partial charge in [-0.05, 0) is 53.6 Å². The molecule has 0 unspecified atom stereocenters. The maximum Gasteiger partial charge on any atom is 0.138 e. The van der Waals surface area contributed by atoms with Gasteiger partial charge in [0.05, 0.1) is 17.1 Å². The minimum atomic E-state index is -1.08. The summed E-state index contributed by atoms with van der Waals surface area (Å²) in [6.07, 6.45) is 4.10. The van der Waals surface area contributed by atoms with Crippen LogP contribution in [-0.2, 0) is 11.2 Å². The molecule has 6 heteroatoms. The molecule has 0 radical (unpaired) electrons. The van der Waals surface area contributed by atoms with Crippen molar-refractivity contribution in [3.63, 3.8) is 0 Å². The number of rotatable bonds is 9. The van der Waals surface area contributed by atoms with E-state index in [0.29, 0.717) is 18.1 Å². The number of nitrogen functional groups attached to an aromatic ring is 2. The first-order valence-electron chi connectivity index (χ1n) is 9.52. The monoisotopic (exact) mass is 396 g/mol. The fraction of sp³-hybridized carbons (Fsp3) is 0.318. The predicted molar refractivity (Wildman–Crippen MR) is 123 cm³/mol. The number of allylic oxidation sites excluding steroid dienone is 1. The highest BCUT2D eigenvalue weighted by Gasteiger charge is 2.11. The topological polar surface area (TPSA) is 99.6 Å². The van der Waals surface area contributed by atoms with E-state index in [2.05, 4.69) is 48.9 Å². The second kappa shape index (κ2) is 10.1. The van der Waals surface area contributed by atoms with Crippen LogP contribution in [0.3, 0.4) is 0 Å². The molecule has 0 spiro atoms. The molecule has 0 heterocycles. The molecule has 2 aromatic rings. The second-order valence-corrected chi connectivity index (χ2v) is 13.7. The highest BCUT2D eigenvalue weighted by molar-refractivity contribution is 6.76. The van der Waals surface area contributed by atoms with E-state index in [1.54, 1.807) is 6.08 Å². The largest absolute Gasteiger partial charge is 0.405 e. The van der Waals surface area contributed by atoms with Crippen LogP contribution in [0, 0.1) is 0 Å². The van der Waals surface area contributed by atoms with Gasteiger partial charge in [0.2, 0.25) is 0 Å². The zero-order valence-corrected chi connectivity index (χ0v) is 18.1. The van der Waals surface area contributed by atoms with Crippen LogP contribution in [0.5, 0.6) is 0 Å². The summed E-state index contributed by atoms with van der Waals surface area (Å²) in [6.45, 7) is 8.10. The van der Waals surface area contributed by atoms with Crippen molar-refractivity contribution in [3.05, 3.63) is 71.4 Å². The number of anilines is 2. The molecule has 0 saturated carbocycles. The maximum absolute atomic E-state index is 5.89. The van der Waals surface area contributed by atoms with Crippen molar-refractivity contribution in [1.82, 2.24) is 0 Å². The van der Waals surface area contributed by atoms with E-state index in [-0.39, 0.29) is 0 Å². The molecule has 150 valence electrons. The Morgan fingerprint density at radius 1 is 1.00 bits per heavy atom. The molecule has 2 aromatic carbocycles. The van der Waals surface area contributed by atoms with Gasteiger partial charge in [-0.1, -0.05) is 50.0 Å². The second-order valence-electron chi connectivity index (χ2n) is 8.09. The lowest BCUT2D eigenvalue weighted by Gasteiger charge is -2.14. The highest BCUT2D eigenvalue weighted by atomic mass is 28.3. The maximum atomic E-state index is 5.89. The van der Waals surface area contributed by atoms with Crippen LogP contribution in [-0.4, -0.2) is 27.1 Å². The number of nitrogens with two attached hydrogens (primary N) is 3. The van der Waals surface area contributed by atoms with Crippen LogP contribution in [0.2, 0.25) is 25.7 Å². The SMILES string of the molecule is C[Si](C)(C)CCOC/N=C(/C=C\N)c1ccc(Cc2ccc(N)c(N)c2)cc1. The Morgan fingerprint density at radius 2 is 1.68 bits per heavy atom. The van der Waals surface area contributed by atoms with E-state index in [1.165, 1.54) is 11.8 Å². The summed E-state index contributed by atoms with van der Waals surface area (Å²) >= 11 is 0. The first-order chi connectivity index (χ1) is 13.3. The van der Waals surface area contributed by atoms with Gasteiger partial charge in [0.25, 0.3) is 0 Å². The molecule has 0 aliphatic carbocycles. The molecular weight excluding hydrogens is 364 g/mol. The number of aliphatic imine (C=N–C) groups is 1. The van der Waals surface area contributed by atoms with Crippen LogP contribution in [0.4, 0.5) is 11.4 Å². The van der Waals surface area contributed by atoms with E-state index in [0.717, 1.165) is 35.9 Å². The normalized spacial score (nSPS) is 12.6. The Morgan fingerprint density at radius 3 is 2.29 bits per heavy atom. The van der Waals surface area contributed by atoms with Gasteiger partial charge >= 0.3 is 0 Å². The van der Waals surface area contributed by atoms with Crippen LogP contribution in [0.25, 0.3) is 0 Å². The van der Waals surface area contributed by atoms with Gasteiger partial charge < -0.3 is 21.9 Å². The zero-order valence-electron chi connectivity index (χ0n) is 17.1. The van der Waals surface area contributed by atoms with Gasteiger partial charge in [-0.3, -0.25) is 4.99 Å². The van der Waals surface area contributed by atoms with Gasteiger partial charge in [-0.2, -0.15) is 0 Å². The zero-order chi connectivity index (χ0) is 20.6. The molecule has 0 fully saturated rings. The van der Waals surface area contributed by atoms with Crippen molar-refractivity contribution < 1.29 is 4.74 Å². The van der Waals surface area contributed by atoms with E-state index in [1.807, 2.05) is 18.2 Å². The first-order valence-corrected chi connectivity index (χ1v) is 13.2. The molecule has 0 amide bonds. The lowest BCUT2D eigenvalue weighted by atomic mass is 10.0. The lowest BCUT2D eigenvalue weighted by molar-refractivity contribution is 0.155. The number of hydrogen-bond donors (Lipinski definition) is 3. The third-order valence-corrected chi connectivity index (χ3v) is 6.09. The lowest BCUT2D eigenvalue weighted by Crippen LogP contribution is -2.21. The fourth-order valence-corrected chi connectivity index (χ4v) is 3.41. The average molecular weight is 397 g/mol. The molecule has 2 rings (SSSR count). The van der Waals surface area contributed by atoms with Gasteiger partial charge in [-0.25, -0.2) is 0 Å². The Labute approximate surface area is 169 Å². The molecule has 0 aliphatic rings. The molecular formula is C22H32N4OSi. The molecule has 0 bridgehead atoms. The number of benzene rings is 2. The number of hydrogen-bond acceptors (Lipinski definition) is 5. The van der Waals surface area contributed by atoms with Crippen molar-refractivity contribution >= 4 is 25.2 Å². The van der Waals surface area contributed by atoms with Gasteiger partial charge in [0, 0.05) is 14.7 Å². The van der Waals surface area contributed by atoms with Crippen LogP contribution in [0.15, 0.2) is 59.7 Å². The summed E-state index contributed by atoms with van der Waals surface area (Å²) in [5.74, 6) is 0. The van der Waals surface area contributed by atoms with Gasteiger partial charge in [0.15, 0.2) is 0 Å². The third-order valence-electron chi connectivity index (χ3n) is 4.39. The number of ether oxygens (including phenoxy) is 1. The standard InChI is InChI=1S/C22H32N4OSi/c1-28(2,3)13-12-27-16-26-22(10-11-23)19-7-4-17(5-8-19)14-18-6-9-20(24)21(25)15-18/h4-11,15H,12-14,16,23-25H2,1-3H3/b11-10-,26-22-. The summed E-state index contributed by atoms with van der Waals surface area (Å²) in [5.41, 5.74) is 22.6. The summed E-state index contributed by atoms with van der Waals surface area (Å²) in [5, 5.41) is 0. The summed E-state index contributed by atoms with van der Waals surface area (Å²) in [7, 11) is -1.08. The average Bonchev–Trinajstić information content (AvgIpc) is 2.63. The van der Waals surface area contributed by atoms with Crippen LogP contribution in [0.1, 0.15) is 16.7 Å². The van der Waals surface area contributed by atoms with Crippen molar-refractivity contribution in [2.24, 2.45) is 10.7 Å². The molecule has 0 atom stereocenters. The van der Waals surface area contributed by atoms with Crippen molar-refractivity contribution in [2.45, 2.75) is 32.1 Å². The Hall–Kier alpha value is -2.57. The van der Waals surface area contributed by atoms with E-state index in [4.69, 9.17) is 21.9 Å². The summed E-state index contributed by atoms with van der Waals surface area (Å²) in [6, 6.07) is 15.2. The van der Waals surface area contributed by atoms with Crippen molar-refractivity contribution in [3.8, 4) is 0 Å². The minimum absolute atomic E-state index is 0.344. The first kappa shape index (κ1) is 21.7. The molecule has 0 saturated heterocycles. The van der Waals surface area contributed by atoms with E-state index < -0.39 is 8.07 Å². The predicted octanol–water partition coefficient (Wildman–Crippen LogP) is 4.02. The molecule has 6 N–H and O–H groups in total. The van der Waals surface area contributed by atoms with Crippen LogP contribution < -0.4 is 17.2 Å². The smallest absolute Gasteiger partial charge is 0.138 e. The molecule has 0 aromatic heterocycles. The minimum Gasteiger partial charge on any atom is -0.405 e. The quantitative estimate of drug-likeness (QED) is 0.258. The van der Waals surface area contributed by atoms with E-state index >= 15 is 0 Å². The van der Waals surface area contributed by atoms with Crippen LogP contribution >= 0.6 is 0 Å². The Balaban J connectivity index is 2.01. The Kier molecular flexibility index (Phi) is 7.84. The molecule has 0 aliphatic heterocycles. The van der Waals surface area contributed by atoms with Gasteiger partial charge in [0.1, 0.15) is 6.73 Å². The molecule has 28 heavy (non-hydrogen) atoms. The third kappa shape index (κ3) is 7.21. The summed E-state index contributed by atoms with van der Waals surface area (Å²) in [4.78, 5) is 4.55. The summed E-state index contributed by atoms with van der Waals surface area (Å²) < 4.78 is 5.68. The van der Waals surface area contributed by atoms with Crippen molar-refractivity contribution in [2.75, 3.05) is 24.8 Å². The fourth-order valence-electron chi connectivity index (χ4n) is 2.65. The van der Waals surface area contributed by atoms with Gasteiger partial charge in [-0.15, -0.1) is 0 Å². The Bertz CT molecular complexity index is 823. The highest BCUT2D eigenvalue weighted by Crippen LogP contribution is 2.19.